The van der Waals surface area contributed by atoms with Crippen molar-refractivity contribution in [2.45, 2.75) is 26.1 Å². The standard InChI is InChI=1S/C21H11F3O2/c1-4-5-6-7-8-9-10-11-12-13-14-15-16-17-19(18(2)3)26-20(25)21(22,23)24/h17-19H,1H2,2-3H3/t19-/m1/s1. The maximum absolute atomic E-state index is 12.2. The maximum Gasteiger partial charge on any atom is 0.490 e. The average Bonchev–Trinajstić information content (AvgIpc) is 2.56. The van der Waals surface area contributed by atoms with Crippen molar-refractivity contribution in [3.63, 3.8) is 0 Å². The van der Waals surface area contributed by atoms with Crippen LogP contribution in [0.5, 0.6) is 0 Å². The molecule has 0 aliphatic rings. The van der Waals surface area contributed by atoms with Gasteiger partial charge in [-0.3, -0.25) is 0 Å². The van der Waals surface area contributed by atoms with Gasteiger partial charge in [-0.15, -0.1) is 0 Å². The van der Waals surface area contributed by atoms with Crippen LogP contribution in [-0.4, -0.2) is 18.2 Å². The van der Waals surface area contributed by atoms with Crippen LogP contribution in [0, 0.1) is 5.92 Å². The van der Waals surface area contributed by atoms with E-state index < -0.39 is 18.2 Å². The van der Waals surface area contributed by atoms with Crippen molar-refractivity contribution >= 4 is 5.97 Å². The molecule has 0 radical (unpaired) electrons. The van der Waals surface area contributed by atoms with Crippen LogP contribution in [0.1, 0.15) is 13.8 Å². The van der Waals surface area contributed by atoms with E-state index in [1.807, 2.05) is 0 Å². The van der Waals surface area contributed by atoms with Gasteiger partial charge < -0.3 is 4.74 Å². The first-order chi connectivity index (χ1) is 12.3. The minimum absolute atomic E-state index is 0.381. The molecule has 5 heteroatoms. The molecule has 0 aliphatic carbocycles. The Morgan fingerprint density at radius 1 is 0.885 bits per heavy atom. The van der Waals surface area contributed by atoms with Crippen LogP contribution in [-0.2, 0) is 9.53 Å². The van der Waals surface area contributed by atoms with Crippen molar-refractivity contribution in [1.29, 1.82) is 0 Å². The van der Waals surface area contributed by atoms with Crippen molar-refractivity contribution in [3.05, 3.63) is 87.2 Å². The molecule has 0 spiro atoms. The van der Waals surface area contributed by atoms with Crippen LogP contribution in [0.15, 0.2) is 87.2 Å². The molecule has 0 heterocycles. The largest absolute Gasteiger partial charge is 0.490 e. The van der Waals surface area contributed by atoms with E-state index in [1.165, 1.54) is 0 Å². The number of hydrogen-bond donors (Lipinski definition) is 0. The van der Waals surface area contributed by atoms with Gasteiger partial charge in [0.2, 0.25) is 0 Å². The first kappa shape index (κ1) is 22.1. The molecular weight excluding hydrogens is 341 g/mol. The highest BCUT2D eigenvalue weighted by atomic mass is 19.4. The Labute approximate surface area is 148 Å². The average molecular weight is 352 g/mol. The second-order valence-electron chi connectivity index (χ2n) is 4.47. The lowest BCUT2D eigenvalue weighted by molar-refractivity contribution is -0.204. The summed E-state index contributed by atoms with van der Waals surface area (Å²) in [5.41, 5.74) is 31.1. The molecule has 0 unspecified atom stereocenters. The van der Waals surface area contributed by atoms with Crippen LogP contribution < -0.4 is 0 Å². The fourth-order valence-electron chi connectivity index (χ4n) is 1.04. The number of carbonyl (C=O) groups is 1. The van der Waals surface area contributed by atoms with Crippen LogP contribution in [0.4, 0.5) is 13.2 Å². The summed E-state index contributed by atoms with van der Waals surface area (Å²) in [6, 6.07) is 0. The molecule has 1 atom stereocenters. The van der Waals surface area contributed by atoms with Gasteiger partial charge in [0.1, 0.15) is 6.10 Å². The number of halogens is 3. The fourth-order valence-corrected chi connectivity index (χ4v) is 1.04. The Balaban J connectivity index is 5.57. The zero-order valence-electron chi connectivity index (χ0n) is 13.9. The van der Waals surface area contributed by atoms with E-state index >= 15 is 0 Å². The zero-order valence-corrected chi connectivity index (χ0v) is 13.9. The monoisotopic (exact) mass is 352 g/mol. The van der Waals surface area contributed by atoms with Crippen LogP contribution >= 0.6 is 0 Å². The lowest BCUT2D eigenvalue weighted by Gasteiger charge is -2.17. The van der Waals surface area contributed by atoms with E-state index in [0.717, 1.165) is 6.08 Å². The summed E-state index contributed by atoms with van der Waals surface area (Å²) in [7, 11) is 0. The summed E-state index contributed by atoms with van der Waals surface area (Å²) >= 11 is 0. The van der Waals surface area contributed by atoms with E-state index in [1.54, 1.807) is 13.8 Å². The molecule has 0 bridgehead atoms. The topological polar surface area (TPSA) is 26.3 Å². The summed E-state index contributed by atoms with van der Waals surface area (Å²) in [6.07, 6.45) is -5.02. The molecule has 0 aliphatic heterocycles. The van der Waals surface area contributed by atoms with Gasteiger partial charge in [0.15, 0.2) is 0 Å². The third-order valence-corrected chi connectivity index (χ3v) is 2.16. The van der Waals surface area contributed by atoms with Crippen LogP contribution in [0.25, 0.3) is 0 Å². The molecule has 0 rings (SSSR count). The number of alkyl halides is 3. The number of esters is 1. The van der Waals surface area contributed by atoms with Gasteiger partial charge in [0, 0.05) is 6.08 Å². The molecule has 26 heavy (non-hydrogen) atoms. The normalized spacial score (nSPS) is 9.00. The second kappa shape index (κ2) is 12.5. The maximum atomic E-state index is 12.2. The van der Waals surface area contributed by atoms with Gasteiger partial charge in [-0.1, -0.05) is 25.3 Å². The van der Waals surface area contributed by atoms with E-state index in [-0.39, 0.29) is 5.92 Å². The molecule has 0 amide bonds. The van der Waals surface area contributed by atoms with Crippen molar-refractivity contribution < 1.29 is 22.7 Å². The number of ether oxygens (including phenoxy) is 1. The first-order valence-electron chi connectivity index (χ1n) is 6.92. The Morgan fingerprint density at radius 2 is 1.31 bits per heavy atom. The van der Waals surface area contributed by atoms with Gasteiger partial charge >= 0.3 is 12.1 Å². The minimum Gasteiger partial charge on any atom is -0.451 e. The molecule has 0 aromatic rings. The predicted molar refractivity (Wildman–Crippen MR) is 86.6 cm³/mol. The Morgan fingerprint density at radius 3 is 1.69 bits per heavy atom. The smallest absolute Gasteiger partial charge is 0.451 e. The molecular formula is C21H11F3O2. The fraction of sp³-hybridized carbons (Fsp3) is 0.238. The summed E-state index contributed by atoms with van der Waals surface area (Å²) in [6.45, 7) is 6.45. The van der Waals surface area contributed by atoms with Crippen molar-refractivity contribution in [1.82, 2.24) is 0 Å². The molecule has 0 saturated heterocycles. The van der Waals surface area contributed by atoms with Crippen molar-refractivity contribution in [3.8, 4) is 0 Å². The Hall–Kier alpha value is -3.86. The summed E-state index contributed by atoms with van der Waals surface area (Å²) in [5, 5.41) is 0. The quantitative estimate of drug-likeness (QED) is 0.559. The molecule has 2 nitrogen and oxygen atoms in total. The third-order valence-electron chi connectivity index (χ3n) is 2.16. The summed E-state index contributed by atoms with van der Waals surface area (Å²) < 4.78 is 40.9. The SMILES string of the molecule is C=C=C=C=C=C=C=C=C=C=C=C=C=C=C[C@@H](OC(=O)C(F)(F)F)C(C)C. The minimum atomic E-state index is -5.05. The highest BCUT2D eigenvalue weighted by Crippen LogP contribution is 2.19. The van der Waals surface area contributed by atoms with E-state index in [2.05, 4.69) is 85.8 Å². The number of carbonyl (C=O) groups excluding carboxylic acids is 1. The number of rotatable bonds is 3. The summed E-state index contributed by atoms with van der Waals surface area (Å²) in [5.74, 6) is -2.64. The van der Waals surface area contributed by atoms with E-state index in [4.69, 9.17) is 0 Å². The molecule has 0 aromatic carbocycles. The van der Waals surface area contributed by atoms with E-state index in [9.17, 15) is 18.0 Å². The highest BCUT2D eigenvalue weighted by Gasteiger charge is 2.42. The van der Waals surface area contributed by atoms with Crippen LogP contribution in [0.2, 0.25) is 0 Å². The molecule has 0 fully saturated rings. The van der Waals surface area contributed by atoms with E-state index in [0.29, 0.717) is 0 Å². The van der Waals surface area contributed by atoms with Gasteiger partial charge in [0.25, 0.3) is 0 Å². The molecule has 0 aromatic heterocycles. The van der Waals surface area contributed by atoms with Gasteiger partial charge in [-0.25, -0.2) is 4.79 Å². The second-order valence-corrected chi connectivity index (χ2v) is 4.47. The first-order valence-corrected chi connectivity index (χ1v) is 6.92. The Bertz CT molecular complexity index is 1020. The van der Waals surface area contributed by atoms with Gasteiger partial charge in [-0.2, -0.15) is 13.2 Å². The molecule has 0 N–H and O–H groups in total. The zero-order chi connectivity index (χ0) is 19.8. The van der Waals surface area contributed by atoms with Crippen molar-refractivity contribution in [2.24, 2.45) is 5.92 Å². The predicted octanol–water partition coefficient (Wildman–Crippen LogP) is 4.32. The lowest BCUT2D eigenvalue weighted by Crippen LogP contribution is -2.31. The van der Waals surface area contributed by atoms with Crippen molar-refractivity contribution in [2.75, 3.05) is 0 Å². The lowest BCUT2D eigenvalue weighted by atomic mass is 10.1. The number of hydrogen-bond acceptors (Lipinski definition) is 2. The van der Waals surface area contributed by atoms with Crippen LogP contribution in [0.3, 0.4) is 0 Å². The Kier molecular flexibility index (Phi) is 10.7. The van der Waals surface area contributed by atoms with Gasteiger partial charge in [0.05, 0.1) is 0 Å². The summed E-state index contributed by atoms with van der Waals surface area (Å²) in [4.78, 5) is 10.8. The molecule has 0 saturated carbocycles. The van der Waals surface area contributed by atoms with Gasteiger partial charge in [-0.05, 0) is 75.5 Å². The third kappa shape index (κ3) is 11.7. The highest BCUT2D eigenvalue weighted by molar-refractivity contribution is 5.75. The molecule has 128 valence electrons.